The van der Waals surface area contributed by atoms with E-state index in [0.29, 0.717) is 6.07 Å². The number of amides is 1. The van der Waals surface area contributed by atoms with E-state index in [4.69, 9.17) is 0 Å². The average Bonchev–Trinajstić information content (AvgIpc) is 2.52. The number of hydrogen-bond donors (Lipinski definition) is 2. The molecule has 0 aliphatic carbocycles. The Kier molecular flexibility index (Phi) is 5.09. The third-order valence-corrected chi connectivity index (χ3v) is 3.62. The van der Waals surface area contributed by atoms with E-state index in [2.05, 4.69) is 5.32 Å². The molecule has 126 valence electrons. The van der Waals surface area contributed by atoms with Crippen LogP contribution in [0.1, 0.15) is 28.4 Å². The van der Waals surface area contributed by atoms with Crippen molar-refractivity contribution in [2.24, 2.45) is 0 Å². The van der Waals surface area contributed by atoms with Crippen LogP contribution < -0.4 is 5.32 Å². The smallest absolute Gasteiger partial charge is 0.292 e. The lowest BCUT2D eigenvalue weighted by Crippen LogP contribution is -2.42. The molecule has 0 bridgehead atoms. The van der Waals surface area contributed by atoms with Gasteiger partial charge in [0.05, 0.1) is 6.54 Å². The van der Waals surface area contributed by atoms with Crippen molar-refractivity contribution in [3.63, 3.8) is 0 Å². The quantitative estimate of drug-likeness (QED) is 0.652. The number of carbonyl (C=O) groups is 2. The predicted molar refractivity (Wildman–Crippen MR) is 84.4 cm³/mol. The second kappa shape index (κ2) is 6.88. The fraction of sp³-hybridized carbons (Fsp3) is 0.222. The maximum Gasteiger partial charge on any atom is 0.292 e. The normalized spacial score (nSPS) is 13.2. The number of rotatable bonds is 5. The van der Waals surface area contributed by atoms with Crippen LogP contribution in [0, 0.1) is 18.6 Å². The minimum atomic E-state index is -1.79. The van der Waals surface area contributed by atoms with Crippen LogP contribution in [0.15, 0.2) is 42.5 Å². The van der Waals surface area contributed by atoms with Crippen LogP contribution in [-0.4, -0.2) is 23.3 Å². The number of carbonyl (C=O) groups excluding carboxylic acids is 2. The third-order valence-electron chi connectivity index (χ3n) is 3.62. The highest BCUT2D eigenvalue weighted by molar-refractivity contribution is 6.42. The van der Waals surface area contributed by atoms with E-state index in [1.54, 1.807) is 12.1 Å². The second-order valence-corrected chi connectivity index (χ2v) is 5.78. The number of ketones is 1. The largest absolute Gasteiger partial charge is 0.383 e. The molecule has 0 aliphatic heterocycles. The van der Waals surface area contributed by atoms with E-state index in [1.165, 1.54) is 19.1 Å². The lowest BCUT2D eigenvalue weighted by molar-refractivity contribution is -0.118. The Morgan fingerprint density at radius 3 is 2.33 bits per heavy atom. The minimum absolute atomic E-state index is 0.174. The monoisotopic (exact) mass is 333 g/mol. The molecule has 1 amide bonds. The highest BCUT2D eigenvalue weighted by Crippen LogP contribution is 2.23. The SMILES string of the molecule is Cc1ccc(C(=O)C(=O)NCC(C)(O)c2ccc(F)cc2F)cc1. The summed E-state index contributed by atoms with van der Waals surface area (Å²) in [6.07, 6.45) is 0. The standard InChI is InChI=1S/C18H17F2NO3/c1-11-3-5-12(6-4-11)16(22)17(23)21-10-18(2,24)14-8-7-13(19)9-15(14)20/h3-9,24H,10H2,1-2H3,(H,21,23). The fourth-order valence-electron chi connectivity index (χ4n) is 2.19. The number of halogens is 2. The molecule has 0 aromatic heterocycles. The van der Waals surface area contributed by atoms with Crippen LogP contribution in [0.5, 0.6) is 0 Å². The molecule has 0 aliphatic rings. The first kappa shape index (κ1) is 17.7. The summed E-state index contributed by atoms with van der Waals surface area (Å²) in [5, 5.41) is 12.6. The van der Waals surface area contributed by atoms with E-state index < -0.39 is 35.5 Å². The number of nitrogens with one attached hydrogen (secondary N) is 1. The van der Waals surface area contributed by atoms with Gasteiger partial charge in [0.1, 0.15) is 17.2 Å². The van der Waals surface area contributed by atoms with Gasteiger partial charge in [-0.1, -0.05) is 35.9 Å². The van der Waals surface area contributed by atoms with Crippen molar-refractivity contribution >= 4 is 11.7 Å². The number of Topliss-reactive ketones (excluding diaryl/α,β-unsaturated/α-hetero) is 1. The van der Waals surface area contributed by atoms with E-state index in [1.807, 2.05) is 6.92 Å². The van der Waals surface area contributed by atoms with Crippen LogP contribution >= 0.6 is 0 Å². The zero-order chi connectivity index (χ0) is 17.9. The van der Waals surface area contributed by atoms with E-state index >= 15 is 0 Å². The van der Waals surface area contributed by atoms with Crippen LogP contribution in [0.4, 0.5) is 8.78 Å². The lowest BCUT2D eigenvalue weighted by atomic mass is 9.95. The first-order valence-corrected chi connectivity index (χ1v) is 7.28. The molecular formula is C18H17F2NO3. The lowest BCUT2D eigenvalue weighted by Gasteiger charge is -2.24. The zero-order valence-electron chi connectivity index (χ0n) is 13.3. The molecule has 0 spiro atoms. The van der Waals surface area contributed by atoms with E-state index in [0.717, 1.165) is 17.7 Å². The number of hydrogen-bond acceptors (Lipinski definition) is 3. The van der Waals surface area contributed by atoms with Crippen LogP contribution in [-0.2, 0) is 10.4 Å². The van der Waals surface area contributed by atoms with Gasteiger partial charge < -0.3 is 10.4 Å². The first-order chi connectivity index (χ1) is 11.2. The van der Waals surface area contributed by atoms with Crippen molar-refractivity contribution in [2.75, 3.05) is 6.54 Å². The van der Waals surface area contributed by atoms with Gasteiger partial charge in [-0.25, -0.2) is 8.78 Å². The van der Waals surface area contributed by atoms with Crippen molar-refractivity contribution in [3.05, 3.63) is 70.8 Å². The number of aliphatic hydroxyl groups is 1. The maximum absolute atomic E-state index is 13.8. The number of benzene rings is 2. The Labute approximate surface area is 138 Å². The molecule has 2 N–H and O–H groups in total. The van der Waals surface area contributed by atoms with Crippen molar-refractivity contribution in [2.45, 2.75) is 19.4 Å². The Balaban J connectivity index is 2.06. The van der Waals surface area contributed by atoms with Gasteiger partial charge in [0.2, 0.25) is 5.78 Å². The highest BCUT2D eigenvalue weighted by Gasteiger charge is 2.28. The molecule has 0 radical (unpaired) electrons. The van der Waals surface area contributed by atoms with E-state index in [-0.39, 0.29) is 11.1 Å². The van der Waals surface area contributed by atoms with Crippen LogP contribution in [0.3, 0.4) is 0 Å². The van der Waals surface area contributed by atoms with Crippen molar-refractivity contribution < 1.29 is 23.5 Å². The molecule has 0 heterocycles. The van der Waals surface area contributed by atoms with Crippen molar-refractivity contribution in [1.82, 2.24) is 5.32 Å². The Morgan fingerprint density at radius 2 is 1.75 bits per heavy atom. The summed E-state index contributed by atoms with van der Waals surface area (Å²) < 4.78 is 26.7. The average molecular weight is 333 g/mol. The molecule has 0 saturated heterocycles. The van der Waals surface area contributed by atoms with Gasteiger partial charge in [-0.05, 0) is 19.9 Å². The molecule has 1 atom stereocenters. The van der Waals surface area contributed by atoms with Gasteiger partial charge in [-0.3, -0.25) is 9.59 Å². The first-order valence-electron chi connectivity index (χ1n) is 7.28. The van der Waals surface area contributed by atoms with Gasteiger partial charge in [0.25, 0.3) is 5.91 Å². The van der Waals surface area contributed by atoms with Crippen molar-refractivity contribution in [1.29, 1.82) is 0 Å². The fourth-order valence-corrected chi connectivity index (χ4v) is 2.19. The Hall–Kier alpha value is -2.60. The molecule has 2 rings (SSSR count). The molecule has 24 heavy (non-hydrogen) atoms. The second-order valence-electron chi connectivity index (χ2n) is 5.78. The van der Waals surface area contributed by atoms with Gasteiger partial charge in [-0.2, -0.15) is 0 Å². The maximum atomic E-state index is 13.8. The number of aryl methyl sites for hydroxylation is 1. The summed E-state index contributed by atoms with van der Waals surface area (Å²) >= 11 is 0. The summed E-state index contributed by atoms with van der Waals surface area (Å²) in [6, 6.07) is 9.19. The van der Waals surface area contributed by atoms with Gasteiger partial charge in [0.15, 0.2) is 0 Å². The molecule has 6 heteroatoms. The van der Waals surface area contributed by atoms with Gasteiger partial charge >= 0.3 is 0 Å². The molecule has 1 unspecified atom stereocenters. The third kappa shape index (κ3) is 4.02. The molecule has 4 nitrogen and oxygen atoms in total. The van der Waals surface area contributed by atoms with Gasteiger partial charge in [0, 0.05) is 17.2 Å². The molecule has 2 aromatic carbocycles. The summed E-state index contributed by atoms with van der Waals surface area (Å²) in [5.74, 6) is -3.38. The Bertz CT molecular complexity index is 770. The molecular weight excluding hydrogens is 316 g/mol. The highest BCUT2D eigenvalue weighted by atomic mass is 19.1. The summed E-state index contributed by atoms with van der Waals surface area (Å²) in [5.41, 5.74) is -0.805. The molecule has 2 aromatic rings. The molecule has 0 fully saturated rings. The molecule has 0 saturated carbocycles. The van der Waals surface area contributed by atoms with Gasteiger partial charge in [-0.15, -0.1) is 0 Å². The minimum Gasteiger partial charge on any atom is -0.383 e. The van der Waals surface area contributed by atoms with E-state index in [9.17, 15) is 23.5 Å². The van der Waals surface area contributed by atoms with Crippen LogP contribution in [0.2, 0.25) is 0 Å². The predicted octanol–water partition coefficient (Wildman–Crippen LogP) is 2.48. The topological polar surface area (TPSA) is 66.4 Å². The summed E-state index contributed by atoms with van der Waals surface area (Å²) in [6.45, 7) is 2.72. The van der Waals surface area contributed by atoms with Crippen molar-refractivity contribution in [3.8, 4) is 0 Å². The summed E-state index contributed by atoms with van der Waals surface area (Å²) in [4.78, 5) is 23.9. The zero-order valence-corrected chi connectivity index (χ0v) is 13.3. The summed E-state index contributed by atoms with van der Waals surface area (Å²) in [7, 11) is 0. The Morgan fingerprint density at radius 1 is 1.12 bits per heavy atom. The van der Waals surface area contributed by atoms with Crippen LogP contribution in [0.25, 0.3) is 0 Å².